The van der Waals surface area contributed by atoms with E-state index in [-0.39, 0.29) is 0 Å². The van der Waals surface area contributed by atoms with Gasteiger partial charge in [-0.25, -0.2) is 5.43 Å². The van der Waals surface area contributed by atoms with E-state index in [0.717, 1.165) is 19.6 Å². The molecule has 0 spiro atoms. The second-order valence-electron chi connectivity index (χ2n) is 1.85. The van der Waals surface area contributed by atoms with Gasteiger partial charge in [-0.05, 0) is 6.42 Å². The third kappa shape index (κ3) is 1.43. The number of hydrazine groups is 1. The third-order valence-electron chi connectivity index (χ3n) is 1.14. The predicted molar refractivity (Wildman–Crippen MR) is 32.0 cm³/mol. The molecule has 3 heteroatoms. The Morgan fingerprint density at radius 2 is 2.62 bits per heavy atom. The molecule has 1 aliphatic heterocycles. The van der Waals surface area contributed by atoms with Crippen molar-refractivity contribution in [1.82, 2.24) is 16.0 Å². The van der Waals surface area contributed by atoms with Gasteiger partial charge in [-0.2, -0.15) is 5.12 Å². The summed E-state index contributed by atoms with van der Waals surface area (Å²) >= 11 is 0. The minimum Gasteiger partial charge on any atom is -0.240 e. The fourth-order valence-corrected chi connectivity index (χ4v) is 0.794. The average Bonchev–Trinajstić information content (AvgIpc) is 2.19. The Balaban J connectivity index is 2.06. The topological polar surface area (TPSA) is 29.4 Å². The number of rotatable bonds is 2. The quantitative estimate of drug-likeness (QED) is 0.535. The largest absolute Gasteiger partial charge is 0.240 e. The molecule has 1 N–H and O–H groups in total. The van der Waals surface area contributed by atoms with Gasteiger partial charge in [0, 0.05) is 19.6 Å². The molecule has 3 nitrogen and oxygen atoms in total. The van der Waals surface area contributed by atoms with Crippen LogP contribution in [-0.2, 0) is 0 Å². The average molecular weight is 114 g/mol. The monoisotopic (exact) mass is 114 g/mol. The summed E-state index contributed by atoms with van der Waals surface area (Å²) in [6, 6.07) is 0. The van der Waals surface area contributed by atoms with Gasteiger partial charge in [-0.3, -0.25) is 0 Å². The van der Waals surface area contributed by atoms with Crippen LogP contribution in [0.15, 0.2) is 0 Å². The molecule has 0 amide bonds. The first kappa shape index (κ1) is 6.01. The van der Waals surface area contributed by atoms with E-state index in [4.69, 9.17) is 0 Å². The van der Waals surface area contributed by atoms with Crippen molar-refractivity contribution < 1.29 is 0 Å². The molecule has 0 unspecified atom stereocenters. The Morgan fingerprint density at radius 3 is 3.12 bits per heavy atom. The Kier molecular flexibility index (Phi) is 2.27. The predicted octanol–water partition coefficient (Wildman–Crippen LogP) is -0.264. The summed E-state index contributed by atoms with van der Waals surface area (Å²) in [4.78, 5) is 0. The van der Waals surface area contributed by atoms with E-state index in [1.165, 1.54) is 6.42 Å². The fourth-order valence-electron chi connectivity index (χ4n) is 0.794. The van der Waals surface area contributed by atoms with Crippen LogP contribution >= 0.6 is 0 Å². The SMILES string of the molecule is CCNN1CCC[N]1. The maximum absolute atomic E-state index is 4.15. The molecule has 1 saturated heterocycles. The zero-order chi connectivity index (χ0) is 5.82. The molecule has 1 aliphatic rings. The standard InChI is InChI=1S/C5H12N3/c1-2-6-8-5-3-4-7-8/h6H,2-5H2,1H3. The lowest BCUT2D eigenvalue weighted by Crippen LogP contribution is -2.38. The highest BCUT2D eigenvalue weighted by Gasteiger charge is 2.09. The Hall–Kier alpha value is -0.120. The molecule has 1 fully saturated rings. The summed E-state index contributed by atoms with van der Waals surface area (Å²) in [5.41, 5.74) is 7.26. The fraction of sp³-hybridized carbons (Fsp3) is 1.00. The van der Waals surface area contributed by atoms with Crippen molar-refractivity contribution >= 4 is 0 Å². The first-order valence-electron chi connectivity index (χ1n) is 3.12. The molecule has 0 aromatic heterocycles. The van der Waals surface area contributed by atoms with Crippen molar-refractivity contribution in [2.24, 2.45) is 0 Å². The van der Waals surface area contributed by atoms with Crippen molar-refractivity contribution in [2.45, 2.75) is 13.3 Å². The minimum atomic E-state index is 0.976. The normalized spacial score (nSPS) is 22.1. The highest BCUT2D eigenvalue weighted by molar-refractivity contribution is 4.55. The van der Waals surface area contributed by atoms with E-state index in [1.54, 1.807) is 0 Å². The summed E-state index contributed by atoms with van der Waals surface area (Å²) < 4.78 is 0. The number of nitrogens with zero attached hydrogens (tertiary/aromatic N) is 2. The number of hydrogen-bond donors (Lipinski definition) is 1. The Bertz CT molecular complexity index is 58.7. The van der Waals surface area contributed by atoms with Crippen LogP contribution in [0, 0.1) is 0 Å². The molecular weight excluding hydrogens is 102 g/mol. The molecule has 8 heavy (non-hydrogen) atoms. The first-order valence-corrected chi connectivity index (χ1v) is 3.12. The summed E-state index contributed by atoms with van der Waals surface area (Å²) in [5, 5.41) is 1.92. The molecule has 0 atom stereocenters. The smallest absolute Gasteiger partial charge is 0.0334 e. The van der Waals surface area contributed by atoms with Crippen molar-refractivity contribution in [3.8, 4) is 0 Å². The van der Waals surface area contributed by atoms with Crippen LogP contribution in [0.1, 0.15) is 13.3 Å². The van der Waals surface area contributed by atoms with Crippen LogP contribution in [-0.4, -0.2) is 24.8 Å². The zero-order valence-corrected chi connectivity index (χ0v) is 5.22. The van der Waals surface area contributed by atoms with E-state index in [9.17, 15) is 0 Å². The first-order chi connectivity index (χ1) is 3.93. The van der Waals surface area contributed by atoms with Crippen molar-refractivity contribution in [3.63, 3.8) is 0 Å². The molecular formula is C5H12N3. The van der Waals surface area contributed by atoms with Gasteiger partial charge in [-0.1, -0.05) is 6.92 Å². The van der Waals surface area contributed by atoms with Gasteiger partial charge in [0.05, 0.1) is 0 Å². The van der Waals surface area contributed by atoms with Crippen LogP contribution in [0.4, 0.5) is 0 Å². The maximum atomic E-state index is 4.15. The molecule has 0 aliphatic carbocycles. The van der Waals surface area contributed by atoms with Crippen LogP contribution in [0.25, 0.3) is 0 Å². The third-order valence-corrected chi connectivity index (χ3v) is 1.14. The van der Waals surface area contributed by atoms with Crippen molar-refractivity contribution in [2.75, 3.05) is 19.6 Å². The molecule has 1 rings (SSSR count). The summed E-state index contributed by atoms with van der Waals surface area (Å²) in [7, 11) is 0. The maximum Gasteiger partial charge on any atom is 0.0334 e. The van der Waals surface area contributed by atoms with Crippen LogP contribution in [0.3, 0.4) is 0 Å². The zero-order valence-electron chi connectivity index (χ0n) is 5.22. The van der Waals surface area contributed by atoms with Gasteiger partial charge in [0.15, 0.2) is 0 Å². The van der Waals surface area contributed by atoms with Gasteiger partial charge in [0.1, 0.15) is 0 Å². The number of nitrogens with one attached hydrogen (secondary N) is 1. The van der Waals surface area contributed by atoms with Gasteiger partial charge in [-0.15, -0.1) is 5.43 Å². The second-order valence-corrected chi connectivity index (χ2v) is 1.85. The molecule has 1 radical (unpaired) electrons. The van der Waals surface area contributed by atoms with E-state index in [1.807, 2.05) is 5.12 Å². The van der Waals surface area contributed by atoms with Gasteiger partial charge in [0.2, 0.25) is 0 Å². The summed E-state index contributed by atoms with van der Waals surface area (Å²) in [6.45, 7) is 5.12. The lowest BCUT2D eigenvalue weighted by Gasteiger charge is -2.11. The highest BCUT2D eigenvalue weighted by Crippen LogP contribution is 1.92. The molecule has 1 heterocycles. The lowest BCUT2D eigenvalue weighted by molar-refractivity contribution is 0.163. The molecule has 0 saturated carbocycles. The Morgan fingerprint density at radius 1 is 1.75 bits per heavy atom. The van der Waals surface area contributed by atoms with Crippen molar-refractivity contribution in [1.29, 1.82) is 0 Å². The van der Waals surface area contributed by atoms with E-state index >= 15 is 0 Å². The molecule has 0 aromatic rings. The van der Waals surface area contributed by atoms with Crippen molar-refractivity contribution in [3.05, 3.63) is 0 Å². The van der Waals surface area contributed by atoms with Crippen LogP contribution < -0.4 is 10.9 Å². The summed E-state index contributed by atoms with van der Waals surface area (Å²) in [5.74, 6) is 0. The highest BCUT2D eigenvalue weighted by atomic mass is 15.7. The van der Waals surface area contributed by atoms with E-state index in [0.29, 0.717) is 0 Å². The Labute approximate surface area is 50.0 Å². The van der Waals surface area contributed by atoms with Crippen LogP contribution in [0.5, 0.6) is 0 Å². The second kappa shape index (κ2) is 3.02. The van der Waals surface area contributed by atoms with Gasteiger partial charge < -0.3 is 0 Å². The number of hydrogen-bond acceptors (Lipinski definition) is 2. The van der Waals surface area contributed by atoms with E-state index in [2.05, 4.69) is 17.8 Å². The van der Waals surface area contributed by atoms with Crippen LogP contribution in [0.2, 0.25) is 0 Å². The van der Waals surface area contributed by atoms with Gasteiger partial charge >= 0.3 is 0 Å². The van der Waals surface area contributed by atoms with Gasteiger partial charge in [0.25, 0.3) is 0 Å². The molecule has 0 bridgehead atoms. The molecule has 0 aromatic carbocycles. The lowest BCUT2D eigenvalue weighted by atomic mass is 10.5. The molecule has 47 valence electrons. The minimum absolute atomic E-state index is 0.976. The van der Waals surface area contributed by atoms with E-state index < -0.39 is 0 Å². The summed E-state index contributed by atoms with van der Waals surface area (Å²) in [6.07, 6.45) is 1.20.